The first-order chi connectivity index (χ1) is 9.15. The molecule has 0 aromatic heterocycles. The SMILES string of the molecule is CCOC(=O)CCN(C)C1CCOC2(CCSC2)C1. The van der Waals surface area contributed by atoms with E-state index in [9.17, 15) is 4.79 Å². The van der Waals surface area contributed by atoms with Gasteiger partial charge < -0.3 is 14.4 Å². The van der Waals surface area contributed by atoms with E-state index < -0.39 is 0 Å². The highest BCUT2D eigenvalue weighted by Crippen LogP contribution is 2.39. The van der Waals surface area contributed by atoms with E-state index in [2.05, 4.69) is 11.9 Å². The molecule has 0 N–H and O–H groups in total. The number of ether oxygens (including phenoxy) is 2. The van der Waals surface area contributed by atoms with Gasteiger partial charge in [-0.2, -0.15) is 11.8 Å². The molecule has 4 nitrogen and oxygen atoms in total. The van der Waals surface area contributed by atoms with Gasteiger partial charge in [-0.25, -0.2) is 0 Å². The summed E-state index contributed by atoms with van der Waals surface area (Å²) in [6, 6.07) is 0.543. The summed E-state index contributed by atoms with van der Waals surface area (Å²) >= 11 is 2.00. The molecular weight excluding hydrogens is 262 g/mol. The van der Waals surface area contributed by atoms with Gasteiger partial charge in [0.2, 0.25) is 0 Å². The molecule has 2 fully saturated rings. The Morgan fingerprint density at radius 3 is 3.11 bits per heavy atom. The van der Waals surface area contributed by atoms with Crippen molar-refractivity contribution >= 4 is 17.7 Å². The molecule has 110 valence electrons. The average Bonchev–Trinajstić information content (AvgIpc) is 2.84. The summed E-state index contributed by atoms with van der Waals surface area (Å²) in [7, 11) is 2.12. The highest BCUT2D eigenvalue weighted by Gasteiger charge is 2.41. The summed E-state index contributed by atoms with van der Waals surface area (Å²) < 4.78 is 11.0. The molecule has 2 unspecified atom stereocenters. The zero-order chi connectivity index (χ0) is 13.7. The second-order valence-electron chi connectivity index (χ2n) is 5.52. The van der Waals surface area contributed by atoms with Crippen molar-refractivity contribution in [2.45, 2.75) is 44.2 Å². The largest absolute Gasteiger partial charge is 0.466 e. The van der Waals surface area contributed by atoms with Crippen molar-refractivity contribution in [3.05, 3.63) is 0 Å². The van der Waals surface area contributed by atoms with Gasteiger partial charge in [0, 0.05) is 24.9 Å². The molecule has 2 heterocycles. The van der Waals surface area contributed by atoms with Crippen LogP contribution in [-0.4, -0.2) is 60.8 Å². The van der Waals surface area contributed by atoms with Gasteiger partial charge >= 0.3 is 5.97 Å². The minimum Gasteiger partial charge on any atom is -0.466 e. The Bertz CT molecular complexity index is 305. The Morgan fingerprint density at radius 2 is 2.42 bits per heavy atom. The van der Waals surface area contributed by atoms with Crippen molar-refractivity contribution in [2.24, 2.45) is 0 Å². The minimum absolute atomic E-state index is 0.0902. The molecule has 0 amide bonds. The highest BCUT2D eigenvalue weighted by molar-refractivity contribution is 7.99. The summed E-state index contributed by atoms with van der Waals surface area (Å²) in [4.78, 5) is 13.7. The van der Waals surface area contributed by atoms with Crippen molar-refractivity contribution in [1.29, 1.82) is 0 Å². The van der Waals surface area contributed by atoms with Crippen molar-refractivity contribution in [3.63, 3.8) is 0 Å². The van der Waals surface area contributed by atoms with Gasteiger partial charge in [0.05, 0.1) is 18.6 Å². The second kappa shape index (κ2) is 6.95. The second-order valence-corrected chi connectivity index (χ2v) is 6.62. The van der Waals surface area contributed by atoms with Gasteiger partial charge in [-0.3, -0.25) is 4.79 Å². The maximum Gasteiger partial charge on any atom is 0.307 e. The molecule has 0 aromatic carbocycles. The lowest BCUT2D eigenvalue weighted by molar-refractivity contribution is -0.143. The number of hydrogen-bond acceptors (Lipinski definition) is 5. The number of carbonyl (C=O) groups is 1. The molecule has 19 heavy (non-hydrogen) atoms. The van der Waals surface area contributed by atoms with Crippen molar-refractivity contribution in [1.82, 2.24) is 4.90 Å². The van der Waals surface area contributed by atoms with Crippen molar-refractivity contribution in [2.75, 3.05) is 38.3 Å². The molecule has 0 saturated carbocycles. The molecule has 5 heteroatoms. The van der Waals surface area contributed by atoms with Crippen molar-refractivity contribution in [3.8, 4) is 0 Å². The summed E-state index contributed by atoms with van der Waals surface area (Å²) in [5.74, 6) is 2.27. The predicted molar refractivity (Wildman–Crippen MR) is 77.5 cm³/mol. The third-order valence-corrected chi connectivity index (χ3v) is 5.35. The van der Waals surface area contributed by atoms with E-state index >= 15 is 0 Å². The Hall–Kier alpha value is -0.260. The molecule has 2 saturated heterocycles. The summed E-state index contributed by atoms with van der Waals surface area (Å²) in [6.07, 6.45) is 3.86. The van der Waals surface area contributed by atoms with Crippen molar-refractivity contribution < 1.29 is 14.3 Å². The molecule has 0 aromatic rings. The fourth-order valence-electron chi connectivity index (χ4n) is 2.92. The fraction of sp³-hybridized carbons (Fsp3) is 0.929. The normalized spacial score (nSPS) is 31.0. The van der Waals surface area contributed by atoms with Crippen LogP contribution in [0.15, 0.2) is 0 Å². The minimum atomic E-state index is -0.0902. The molecule has 0 bridgehead atoms. The zero-order valence-corrected chi connectivity index (χ0v) is 12.8. The van der Waals surface area contributed by atoms with E-state index in [-0.39, 0.29) is 11.6 Å². The van der Waals surface area contributed by atoms with Gasteiger partial charge in [0.1, 0.15) is 0 Å². The van der Waals surface area contributed by atoms with E-state index in [4.69, 9.17) is 9.47 Å². The first-order valence-corrected chi connectivity index (χ1v) is 8.38. The average molecular weight is 287 g/mol. The van der Waals surface area contributed by atoms with Crippen LogP contribution in [0.5, 0.6) is 0 Å². The lowest BCUT2D eigenvalue weighted by Gasteiger charge is -2.41. The number of thioether (sulfide) groups is 1. The molecule has 2 rings (SSSR count). The van der Waals surface area contributed by atoms with Gasteiger partial charge in [-0.15, -0.1) is 0 Å². The van der Waals surface area contributed by atoms with Gasteiger partial charge in [0.25, 0.3) is 0 Å². The summed E-state index contributed by atoms with van der Waals surface area (Å²) in [5, 5.41) is 0. The molecule has 0 aliphatic carbocycles. The quantitative estimate of drug-likeness (QED) is 0.722. The molecule has 2 atom stereocenters. The van der Waals surface area contributed by atoms with E-state index in [0.29, 0.717) is 19.1 Å². The first-order valence-electron chi connectivity index (χ1n) is 7.23. The topological polar surface area (TPSA) is 38.8 Å². The number of hydrogen-bond donors (Lipinski definition) is 0. The van der Waals surface area contributed by atoms with E-state index in [1.54, 1.807) is 0 Å². The van der Waals surface area contributed by atoms with Crippen LogP contribution in [0.3, 0.4) is 0 Å². The molecule has 0 radical (unpaired) electrons. The summed E-state index contributed by atoms with van der Waals surface area (Å²) in [5.41, 5.74) is 0.117. The van der Waals surface area contributed by atoms with E-state index in [1.807, 2.05) is 18.7 Å². The number of nitrogens with zero attached hydrogens (tertiary/aromatic N) is 1. The van der Waals surface area contributed by atoms with E-state index in [1.165, 1.54) is 12.2 Å². The number of carbonyl (C=O) groups excluding carboxylic acids is 1. The Labute approximate surface area is 120 Å². The standard InChI is InChI=1S/C14H25NO3S/c1-3-17-13(16)4-7-15(2)12-5-8-18-14(10-12)6-9-19-11-14/h12H,3-11H2,1-2H3. The Balaban J connectivity index is 1.78. The third kappa shape index (κ3) is 4.10. The van der Waals surface area contributed by atoms with Crippen LogP contribution in [0.25, 0.3) is 0 Å². The lowest BCUT2D eigenvalue weighted by Crippen LogP contribution is -2.48. The molecular formula is C14H25NO3S. The van der Waals surface area contributed by atoms with Crippen LogP contribution in [0, 0.1) is 0 Å². The first kappa shape index (κ1) is 15.1. The monoisotopic (exact) mass is 287 g/mol. The Morgan fingerprint density at radius 1 is 1.58 bits per heavy atom. The molecule has 2 aliphatic heterocycles. The van der Waals surface area contributed by atoms with Crippen LogP contribution in [0.2, 0.25) is 0 Å². The number of rotatable bonds is 5. The maximum absolute atomic E-state index is 11.4. The van der Waals surface area contributed by atoms with Gasteiger partial charge in [0.15, 0.2) is 0 Å². The number of esters is 1. The smallest absolute Gasteiger partial charge is 0.307 e. The molecule has 2 aliphatic rings. The maximum atomic E-state index is 11.4. The fourth-order valence-corrected chi connectivity index (χ4v) is 4.30. The van der Waals surface area contributed by atoms with Gasteiger partial charge in [-0.05, 0) is 39.0 Å². The Kier molecular flexibility index (Phi) is 5.54. The van der Waals surface area contributed by atoms with Gasteiger partial charge in [-0.1, -0.05) is 0 Å². The third-order valence-electron chi connectivity index (χ3n) is 4.13. The summed E-state index contributed by atoms with van der Waals surface area (Å²) in [6.45, 7) is 3.96. The highest BCUT2D eigenvalue weighted by atomic mass is 32.2. The predicted octanol–water partition coefficient (Wildman–Crippen LogP) is 1.93. The van der Waals surface area contributed by atoms with Crippen LogP contribution < -0.4 is 0 Å². The van der Waals surface area contributed by atoms with Crippen LogP contribution in [0.1, 0.15) is 32.6 Å². The lowest BCUT2D eigenvalue weighted by atomic mass is 9.89. The van der Waals surface area contributed by atoms with Crippen LogP contribution >= 0.6 is 11.8 Å². The van der Waals surface area contributed by atoms with Crippen LogP contribution in [0.4, 0.5) is 0 Å². The van der Waals surface area contributed by atoms with Crippen LogP contribution in [-0.2, 0) is 14.3 Å². The molecule has 1 spiro atoms. The zero-order valence-electron chi connectivity index (χ0n) is 12.0. The van der Waals surface area contributed by atoms with E-state index in [0.717, 1.165) is 31.7 Å².